The number of hydrogen-bond donors (Lipinski definition) is 3. The van der Waals surface area contributed by atoms with Crippen molar-refractivity contribution in [3.63, 3.8) is 0 Å². The Morgan fingerprint density at radius 3 is 2.65 bits per heavy atom. The van der Waals surface area contributed by atoms with Gasteiger partial charge in [0.2, 0.25) is 17.6 Å². The number of furan rings is 1. The van der Waals surface area contributed by atoms with E-state index in [1.54, 1.807) is 25.4 Å². The van der Waals surface area contributed by atoms with E-state index in [4.69, 9.17) is 4.42 Å². The number of carbonyl (C=O) groups excluding carboxylic acids is 2. The van der Waals surface area contributed by atoms with Gasteiger partial charge in [-0.3, -0.25) is 24.6 Å². The molecule has 3 N–H and O–H groups in total. The van der Waals surface area contributed by atoms with Crippen LogP contribution in [0.5, 0.6) is 0 Å². The third-order valence-corrected chi connectivity index (χ3v) is 6.34. The number of aliphatic imine (C=N–C) groups is 1. The van der Waals surface area contributed by atoms with Gasteiger partial charge in [0, 0.05) is 33.1 Å². The Bertz CT molecular complexity index is 996. The Hall–Kier alpha value is -3.43. The van der Waals surface area contributed by atoms with Crippen LogP contribution in [0, 0.1) is 23.7 Å². The number of nitrogens with zero attached hydrogens (tertiary/aromatic N) is 4. The molecule has 2 aromatic rings. The number of H-pyrrole nitrogens is 1. The number of hydrogen-bond acceptors (Lipinski definition) is 6. The number of nitrogens with one attached hydrogen (secondary N) is 3. The van der Waals surface area contributed by atoms with Gasteiger partial charge in [0.25, 0.3) is 0 Å². The number of amides is 2. The Morgan fingerprint density at radius 1 is 1.23 bits per heavy atom. The second-order valence-corrected chi connectivity index (χ2v) is 8.09. The van der Waals surface area contributed by atoms with E-state index < -0.39 is 0 Å². The molecule has 0 spiro atoms. The molecule has 5 rings (SSSR count). The summed E-state index contributed by atoms with van der Waals surface area (Å²) in [6, 6.07) is 3.60. The number of carbonyl (C=O) groups is 2. The van der Waals surface area contributed by atoms with Crippen LogP contribution in [0.2, 0.25) is 0 Å². The van der Waals surface area contributed by atoms with E-state index in [1.807, 2.05) is 0 Å². The van der Waals surface area contributed by atoms with Crippen molar-refractivity contribution in [2.24, 2.45) is 28.7 Å². The van der Waals surface area contributed by atoms with Crippen LogP contribution in [-0.2, 0) is 16.0 Å². The van der Waals surface area contributed by atoms with Crippen molar-refractivity contribution < 1.29 is 14.0 Å². The molecule has 2 fully saturated rings. The molecule has 2 aromatic heterocycles. The largest absolute Gasteiger partial charge is 0.461 e. The predicted molar refractivity (Wildman–Crippen MR) is 112 cm³/mol. The molecular weight excluding hydrogens is 398 g/mol. The number of imide groups is 1. The van der Waals surface area contributed by atoms with Gasteiger partial charge < -0.3 is 15.1 Å². The lowest BCUT2D eigenvalue weighted by Gasteiger charge is -2.18. The fraction of sp³-hybridized carbons (Fsp3) is 0.476. The maximum atomic E-state index is 12.7. The molecule has 1 saturated carbocycles. The molecule has 0 aromatic carbocycles. The van der Waals surface area contributed by atoms with E-state index in [1.165, 1.54) is 4.90 Å². The highest BCUT2D eigenvalue weighted by atomic mass is 16.3. The summed E-state index contributed by atoms with van der Waals surface area (Å²) in [6.07, 6.45) is 7.37. The minimum Gasteiger partial charge on any atom is -0.461 e. The fourth-order valence-electron chi connectivity index (χ4n) is 4.91. The molecule has 162 valence electrons. The van der Waals surface area contributed by atoms with Gasteiger partial charge in [0.05, 0.1) is 18.1 Å². The summed E-state index contributed by atoms with van der Waals surface area (Å²) in [5.74, 6) is 2.63. The zero-order chi connectivity index (χ0) is 21.4. The topological polar surface area (TPSA) is 129 Å². The lowest BCUT2D eigenvalue weighted by Crippen LogP contribution is -2.44. The summed E-state index contributed by atoms with van der Waals surface area (Å²) in [6.45, 7) is 1.39. The Labute approximate surface area is 179 Å². The van der Waals surface area contributed by atoms with E-state index in [0.29, 0.717) is 43.6 Å². The highest BCUT2D eigenvalue weighted by molar-refractivity contribution is 6.06. The van der Waals surface area contributed by atoms with E-state index in [9.17, 15) is 9.59 Å². The van der Waals surface area contributed by atoms with E-state index in [-0.39, 0.29) is 35.5 Å². The van der Waals surface area contributed by atoms with Crippen molar-refractivity contribution in [2.45, 2.75) is 12.8 Å². The molecule has 3 aliphatic rings. The van der Waals surface area contributed by atoms with Gasteiger partial charge in [-0.25, -0.2) is 4.98 Å². The Balaban J connectivity index is 1.07. The summed E-state index contributed by atoms with van der Waals surface area (Å²) >= 11 is 0. The maximum Gasteiger partial charge on any atom is 0.233 e. The summed E-state index contributed by atoms with van der Waals surface area (Å²) < 4.78 is 5.29. The van der Waals surface area contributed by atoms with Crippen LogP contribution in [0.4, 0.5) is 0 Å². The number of guanidine groups is 1. The summed E-state index contributed by atoms with van der Waals surface area (Å²) in [7, 11) is 1.68. The van der Waals surface area contributed by atoms with Crippen molar-refractivity contribution in [3.8, 4) is 11.6 Å². The van der Waals surface area contributed by atoms with Gasteiger partial charge in [-0.1, -0.05) is 12.2 Å². The molecule has 4 unspecified atom stereocenters. The third kappa shape index (κ3) is 3.51. The molecular formula is C21H25N7O3. The molecule has 4 atom stereocenters. The van der Waals surface area contributed by atoms with Crippen molar-refractivity contribution >= 4 is 17.8 Å². The highest BCUT2D eigenvalue weighted by Crippen LogP contribution is 2.52. The molecule has 31 heavy (non-hydrogen) atoms. The number of aromatic nitrogens is 3. The number of rotatable bonds is 7. The smallest absolute Gasteiger partial charge is 0.233 e. The second kappa shape index (κ2) is 8.01. The molecule has 3 heterocycles. The molecule has 2 bridgehead atoms. The molecule has 1 saturated heterocycles. The fourth-order valence-corrected chi connectivity index (χ4v) is 4.91. The zero-order valence-corrected chi connectivity index (χ0v) is 17.2. The first kappa shape index (κ1) is 19.5. The minimum atomic E-state index is -0.145. The summed E-state index contributed by atoms with van der Waals surface area (Å²) in [5.41, 5.74) is 0. The molecule has 10 heteroatoms. The van der Waals surface area contributed by atoms with Crippen LogP contribution < -0.4 is 10.6 Å². The first-order valence-corrected chi connectivity index (χ1v) is 10.6. The van der Waals surface area contributed by atoms with Gasteiger partial charge in [0.1, 0.15) is 5.82 Å². The Morgan fingerprint density at radius 2 is 1.97 bits per heavy atom. The van der Waals surface area contributed by atoms with Gasteiger partial charge >= 0.3 is 0 Å². The van der Waals surface area contributed by atoms with Crippen molar-refractivity contribution in [1.82, 2.24) is 30.7 Å². The molecule has 0 radical (unpaired) electrons. The van der Waals surface area contributed by atoms with Crippen LogP contribution in [-0.4, -0.2) is 64.5 Å². The SMILES string of the molecule is CN=C(NCCc1nc(-c2ccco2)n[nH]1)NCCN1C(=O)C2C3C=CC(C3)C2C1=O. The quantitative estimate of drug-likeness (QED) is 0.257. The number of fused-ring (bicyclic) bond motifs is 5. The van der Waals surface area contributed by atoms with E-state index in [2.05, 4.69) is 43.0 Å². The lowest BCUT2D eigenvalue weighted by atomic mass is 9.85. The van der Waals surface area contributed by atoms with E-state index in [0.717, 1.165) is 12.2 Å². The van der Waals surface area contributed by atoms with Crippen molar-refractivity contribution in [3.05, 3.63) is 36.4 Å². The van der Waals surface area contributed by atoms with Gasteiger partial charge in [-0.05, 0) is 30.4 Å². The van der Waals surface area contributed by atoms with Crippen LogP contribution >= 0.6 is 0 Å². The number of aromatic amines is 1. The van der Waals surface area contributed by atoms with Crippen molar-refractivity contribution in [1.29, 1.82) is 0 Å². The minimum absolute atomic E-state index is 0.0192. The first-order chi connectivity index (χ1) is 15.2. The van der Waals surface area contributed by atoms with Crippen LogP contribution in [0.15, 0.2) is 40.0 Å². The Kier molecular flexibility index (Phi) is 5.05. The average molecular weight is 423 g/mol. The molecule has 2 aliphatic carbocycles. The standard InChI is InChI=1S/C21H25N7O3/c1-22-21(23-7-6-15-25-18(27-26-15)14-3-2-10-31-14)24-8-9-28-19(29)16-12-4-5-13(11-12)17(16)20(28)30/h2-5,10,12-13,16-17H,6-9,11H2,1H3,(H2,22,23,24)(H,25,26,27). The maximum absolute atomic E-state index is 12.7. The molecule has 1 aliphatic heterocycles. The van der Waals surface area contributed by atoms with Gasteiger partial charge in [-0.15, -0.1) is 0 Å². The predicted octanol–water partition coefficient (Wildman–Crippen LogP) is 0.579. The number of likely N-dealkylation sites (tertiary alicyclic amines) is 1. The van der Waals surface area contributed by atoms with Crippen LogP contribution in [0.3, 0.4) is 0 Å². The number of allylic oxidation sites excluding steroid dienone is 2. The highest BCUT2D eigenvalue weighted by Gasteiger charge is 2.58. The van der Waals surface area contributed by atoms with Gasteiger partial charge in [0.15, 0.2) is 11.7 Å². The molecule has 2 amide bonds. The average Bonchev–Trinajstić information content (AvgIpc) is 3.59. The van der Waals surface area contributed by atoms with Crippen molar-refractivity contribution in [2.75, 3.05) is 26.7 Å². The van der Waals surface area contributed by atoms with Crippen LogP contribution in [0.1, 0.15) is 12.2 Å². The normalized spacial score (nSPS) is 26.7. The summed E-state index contributed by atoms with van der Waals surface area (Å²) in [5, 5.41) is 13.4. The third-order valence-electron chi connectivity index (χ3n) is 6.34. The van der Waals surface area contributed by atoms with Gasteiger partial charge in [-0.2, -0.15) is 5.10 Å². The lowest BCUT2D eigenvalue weighted by molar-refractivity contribution is -0.140. The zero-order valence-electron chi connectivity index (χ0n) is 17.2. The monoisotopic (exact) mass is 423 g/mol. The van der Waals surface area contributed by atoms with Crippen LogP contribution in [0.25, 0.3) is 11.6 Å². The van der Waals surface area contributed by atoms with E-state index >= 15 is 0 Å². The molecule has 10 nitrogen and oxygen atoms in total. The summed E-state index contributed by atoms with van der Waals surface area (Å²) in [4.78, 5) is 35.5. The second-order valence-electron chi connectivity index (χ2n) is 8.09. The first-order valence-electron chi connectivity index (χ1n) is 10.6.